The average molecular weight is 267 g/mol. The summed E-state index contributed by atoms with van der Waals surface area (Å²) in [6.07, 6.45) is 5.77. The van der Waals surface area contributed by atoms with Gasteiger partial charge in [-0.15, -0.1) is 0 Å². The van der Waals surface area contributed by atoms with Gasteiger partial charge in [0, 0.05) is 11.6 Å². The number of para-hydroxylation sites is 1. The highest BCUT2D eigenvalue weighted by atomic mass is 19.1. The first-order valence-corrected chi connectivity index (χ1v) is 7.26. The molecule has 1 aromatic rings. The molecule has 3 heteroatoms. The molecule has 108 valence electrons. The minimum atomic E-state index is -0.324. The van der Waals surface area contributed by atoms with Gasteiger partial charge < -0.3 is 10.5 Å². The Balaban J connectivity index is 2.60. The van der Waals surface area contributed by atoms with Crippen LogP contribution in [0.25, 0.3) is 0 Å². The molecule has 0 heterocycles. The molecule has 0 aliphatic rings. The van der Waals surface area contributed by atoms with Crippen LogP contribution in [-0.4, -0.2) is 6.10 Å². The third kappa shape index (κ3) is 5.19. The molecule has 0 fully saturated rings. The molecule has 0 bridgehead atoms. The number of rotatable bonds is 8. The second-order valence-electron chi connectivity index (χ2n) is 5.22. The van der Waals surface area contributed by atoms with E-state index in [-0.39, 0.29) is 18.0 Å². The molecule has 0 radical (unpaired) electrons. The Bertz CT molecular complexity index is 379. The quantitative estimate of drug-likeness (QED) is 0.699. The van der Waals surface area contributed by atoms with Gasteiger partial charge in [0.15, 0.2) is 11.6 Å². The molecule has 0 amide bonds. The van der Waals surface area contributed by atoms with Gasteiger partial charge in [-0.05, 0) is 32.8 Å². The number of halogens is 1. The molecule has 2 nitrogen and oxygen atoms in total. The SMILES string of the molecule is CCCCCCC(C)Oc1c(F)cccc1[C@H](C)N. The fourth-order valence-corrected chi connectivity index (χ4v) is 2.13. The predicted molar refractivity (Wildman–Crippen MR) is 77.9 cm³/mol. The van der Waals surface area contributed by atoms with E-state index < -0.39 is 0 Å². The van der Waals surface area contributed by atoms with Gasteiger partial charge in [0.05, 0.1) is 6.10 Å². The monoisotopic (exact) mass is 267 g/mol. The van der Waals surface area contributed by atoms with Crippen LogP contribution in [0.2, 0.25) is 0 Å². The van der Waals surface area contributed by atoms with Gasteiger partial charge in [0.2, 0.25) is 0 Å². The first-order chi connectivity index (χ1) is 9.06. The maximum atomic E-state index is 13.8. The van der Waals surface area contributed by atoms with Gasteiger partial charge in [0.25, 0.3) is 0 Å². The van der Waals surface area contributed by atoms with Crippen molar-refractivity contribution in [3.63, 3.8) is 0 Å². The molecule has 1 aromatic carbocycles. The maximum absolute atomic E-state index is 13.8. The minimum absolute atomic E-state index is 0.0197. The molecule has 0 aromatic heterocycles. The molecule has 0 aliphatic heterocycles. The number of hydrogen-bond donors (Lipinski definition) is 1. The fourth-order valence-electron chi connectivity index (χ4n) is 2.13. The zero-order chi connectivity index (χ0) is 14.3. The lowest BCUT2D eigenvalue weighted by molar-refractivity contribution is 0.194. The molecule has 0 saturated carbocycles. The van der Waals surface area contributed by atoms with Crippen molar-refractivity contribution in [2.24, 2.45) is 5.73 Å². The summed E-state index contributed by atoms with van der Waals surface area (Å²) < 4.78 is 19.6. The summed E-state index contributed by atoms with van der Waals surface area (Å²) in [6.45, 7) is 6.02. The molecule has 1 rings (SSSR count). The summed E-state index contributed by atoms with van der Waals surface area (Å²) in [6, 6.07) is 4.70. The van der Waals surface area contributed by atoms with Crippen molar-refractivity contribution in [1.82, 2.24) is 0 Å². The van der Waals surface area contributed by atoms with Crippen LogP contribution in [-0.2, 0) is 0 Å². The molecule has 1 unspecified atom stereocenters. The molecule has 0 aliphatic carbocycles. The van der Waals surface area contributed by atoms with E-state index >= 15 is 0 Å². The Morgan fingerprint density at radius 3 is 2.58 bits per heavy atom. The van der Waals surface area contributed by atoms with Gasteiger partial charge in [-0.1, -0.05) is 38.3 Å². The highest BCUT2D eigenvalue weighted by Gasteiger charge is 2.15. The standard InChI is InChI=1S/C16H26FNO/c1-4-5-6-7-9-12(2)19-16-14(13(3)18)10-8-11-15(16)17/h8,10-13H,4-7,9,18H2,1-3H3/t12?,13-/m0/s1. The minimum Gasteiger partial charge on any atom is -0.487 e. The van der Waals surface area contributed by atoms with Gasteiger partial charge in [0.1, 0.15) is 0 Å². The molecular weight excluding hydrogens is 241 g/mol. The van der Waals surface area contributed by atoms with E-state index in [2.05, 4.69) is 6.92 Å². The summed E-state index contributed by atoms with van der Waals surface area (Å²) in [7, 11) is 0. The summed E-state index contributed by atoms with van der Waals surface area (Å²) in [5, 5.41) is 0. The molecule has 0 saturated heterocycles. The first kappa shape index (κ1) is 16.0. The molecular formula is C16H26FNO. The number of unbranched alkanes of at least 4 members (excludes halogenated alkanes) is 3. The normalized spacial score (nSPS) is 14.2. The molecule has 0 spiro atoms. The van der Waals surface area contributed by atoms with Crippen LogP contribution in [0.4, 0.5) is 4.39 Å². The van der Waals surface area contributed by atoms with E-state index in [9.17, 15) is 4.39 Å². The van der Waals surface area contributed by atoms with E-state index in [1.54, 1.807) is 6.07 Å². The Morgan fingerprint density at radius 1 is 1.21 bits per heavy atom. The van der Waals surface area contributed by atoms with E-state index in [4.69, 9.17) is 10.5 Å². The van der Waals surface area contributed by atoms with Crippen molar-refractivity contribution in [3.05, 3.63) is 29.6 Å². The number of benzene rings is 1. The Morgan fingerprint density at radius 2 is 1.95 bits per heavy atom. The number of hydrogen-bond acceptors (Lipinski definition) is 2. The third-order valence-electron chi connectivity index (χ3n) is 3.27. The van der Waals surface area contributed by atoms with Crippen LogP contribution in [0.3, 0.4) is 0 Å². The Labute approximate surface area is 116 Å². The van der Waals surface area contributed by atoms with Crippen LogP contribution >= 0.6 is 0 Å². The smallest absolute Gasteiger partial charge is 0.165 e. The predicted octanol–water partition coefficient (Wildman–Crippen LogP) is 4.58. The Kier molecular flexibility index (Phi) is 6.85. The first-order valence-electron chi connectivity index (χ1n) is 7.26. The Hall–Kier alpha value is -1.09. The van der Waals surface area contributed by atoms with E-state index in [0.717, 1.165) is 18.4 Å². The highest BCUT2D eigenvalue weighted by Crippen LogP contribution is 2.28. The van der Waals surface area contributed by atoms with Gasteiger partial charge >= 0.3 is 0 Å². The van der Waals surface area contributed by atoms with E-state index in [1.807, 2.05) is 19.9 Å². The van der Waals surface area contributed by atoms with Crippen LogP contribution in [0.5, 0.6) is 5.75 Å². The van der Waals surface area contributed by atoms with E-state index in [1.165, 1.54) is 25.3 Å². The zero-order valence-corrected chi connectivity index (χ0v) is 12.3. The van der Waals surface area contributed by atoms with Crippen molar-refractivity contribution in [2.75, 3.05) is 0 Å². The van der Waals surface area contributed by atoms with Gasteiger partial charge in [-0.25, -0.2) is 4.39 Å². The summed E-state index contributed by atoms with van der Waals surface area (Å²) >= 11 is 0. The van der Waals surface area contributed by atoms with Crippen molar-refractivity contribution < 1.29 is 9.13 Å². The van der Waals surface area contributed by atoms with Crippen LogP contribution in [0.1, 0.15) is 64.5 Å². The fraction of sp³-hybridized carbons (Fsp3) is 0.625. The van der Waals surface area contributed by atoms with E-state index in [0.29, 0.717) is 5.75 Å². The lowest BCUT2D eigenvalue weighted by Gasteiger charge is -2.19. The van der Waals surface area contributed by atoms with Crippen LogP contribution in [0, 0.1) is 5.82 Å². The lowest BCUT2D eigenvalue weighted by atomic mass is 10.1. The second kappa shape index (κ2) is 8.16. The number of ether oxygens (including phenoxy) is 1. The summed E-state index contributed by atoms with van der Waals surface area (Å²) in [5.41, 5.74) is 6.59. The topological polar surface area (TPSA) is 35.2 Å². The molecule has 19 heavy (non-hydrogen) atoms. The summed E-state index contributed by atoms with van der Waals surface area (Å²) in [4.78, 5) is 0. The number of nitrogens with two attached hydrogens (primary N) is 1. The summed E-state index contributed by atoms with van der Waals surface area (Å²) in [5.74, 6) is -0.00398. The van der Waals surface area contributed by atoms with Crippen molar-refractivity contribution in [2.45, 2.75) is 65.0 Å². The second-order valence-corrected chi connectivity index (χ2v) is 5.22. The largest absolute Gasteiger partial charge is 0.487 e. The molecule has 2 N–H and O–H groups in total. The van der Waals surface area contributed by atoms with Crippen LogP contribution in [0.15, 0.2) is 18.2 Å². The molecule has 2 atom stereocenters. The highest BCUT2D eigenvalue weighted by molar-refractivity contribution is 5.37. The van der Waals surface area contributed by atoms with Crippen molar-refractivity contribution >= 4 is 0 Å². The van der Waals surface area contributed by atoms with Crippen molar-refractivity contribution in [3.8, 4) is 5.75 Å². The van der Waals surface area contributed by atoms with Crippen LogP contribution < -0.4 is 10.5 Å². The maximum Gasteiger partial charge on any atom is 0.165 e. The van der Waals surface area contributed by atoms with Crippen molar-refractivity contribution in [1.29, 1.82) is 0 Å². The zero-order valence-electron chi connectivity index (χ0n) is 12.3. The third-order valence-corrected chi connectivity index (χ3v) is 3.27. The van der Waals surface area contributed by atoms with Gasteiger partial charge in [-0.3, -0.25) is 0 Å². The van der Waals surface area contributed by atoms with Gasteiger partial charge in [-0.2, -0.15) is 0 Å². The average Bonchev–Trinajstić information content (AvgIpc) is 2.37. The lowest BCUT2D eigenvalue weighted by Crippen LogP contribution is -2.16.